The zero-order chi connectivity index (χ0) is 19.4. The lowest BCUT2D eigenvalue weighted by molar-refractivity contribution is -0.128. The van der Waals surface area contributed by atoms with E-state index in [2.05, 4.69) is 11.9 Å². The molecule has 0 aromatic heterocycles. The summed E-state index contributed by atoms with van der Waals surface area (Å²) in [7, 11) is 0. The Morgan fingerprint density at radius 3 is 2.70 bits per heavy atom. The second-order valence-electron chi connectivity index (χ2n) is 5.62. The number of thiocarbonyl (C=S) groups is 1. The molecule has 2 aromatic rings. The van der Waals surface area contributed by atoms with Gasteiger partial charge in [-0.25, -0.2) is 0 Å². The molecule has 0 bridgehead atoms. The Labute approximate surface area is 166 Å². The van der Waals surface area contributed by atoms with Gasteiger partial charge in [0.05, 0.1) is 0 Å². The van der Waals surface area contributed by atoms with Crippen LogP contribution in [0.1, 0.15) is 5.56 Å². The third-order valence-corrected chi connectivity index (χ3v) is 4.30. The number of amides is 2. The second-order valence-corrected chi connectivity index (χ2v) is 6.44. The van der Waals surface area contributed by atoms with Crippen molar-refractivity contribution in [2.24, 2.45) is 0 Å². The van der Waals surface area contributed by atoms with Crippen LogP contribution in [0.15, 0.2) is 66.8 Å². The highest BCUT2D eigenvalue weighted by Gasteiger charge is 2.32. The van der Waals surface area contributed by atoms with Gasteiger partial charge < -0.3 is 4.74 Å². The van der Waals surface area contributed by atoms with Crippen molar-refractivity contribution in [2.45, 2.75) is 0 Å². The summed E-state index contributed by atoms with van der Waals surface area (Å²) in [6, 6.07) is 14.0. The lowest BCUT2D eigenvalue weighted by atomic mass is 10.1. The molecule has 7 heteroatoms. The molecule has 0 radical (unpaired) electrons. The number of halogens is 1. The van der Waals surface area contributed by atoms with Crippen LogP contribution >= 0.6 is 23.8 Å². The minimum absolute atomic E-state index is 0.0346. The van der Waals surface area contributed by atoms with Crippen LogP contribution in [0.5, 0.6) is 11.5 Å². The van der Waals surface area contributed by atoms with Gasteiger partial charge in [-0.3, -0.25) is 19.8 Å². The van der Waals surface area contributed by atoms with Gasteiger partial charge in [0.2, 0.25) is 0 Å². The van der Waals surface area contributed by atoms with Crippen molar-refractivity contribution in [1.82, 2.24) is 10.2 Å². The zero-order valence-electron chi connectivity index (χ0n) is 14.1. The SMILES string of the molecule is C=CCN1C(=O)/C(=C/c2ccccc2Oc2cccc(Cl)c2)C(=O)NC1=S. The first-order valence-electron chi connectivity index (χ1n) is 8.02. The smallest absolute Gasteiger partial charge is 0.265 e. The molecule has 1 aliphatic rings. The molecular weight excluding hydrogens is 384 g/mol. The zero-order valence-corrected chi connectivity index (χ0v) is 15.7. The van der Waals surface area contributed by atoms with Gasteiger partial charge in [0.15, 0.2) is 5.11 Å². The van der Waals surface area contributed by atoms with E-state index in [9.17, 15) is 9.59 Å². The molecule has 3 rings (SSSR count). The Morgan fingerprint density at radius 2 is 1.96 bits per heavy atom. The quantitative estimate of drug-likeness (QED) is 0.358. The summed E-state index contributed by atoms with van der Waals surface area (Å²) in [6.45, 7) is 3.81. The average molecular weight is 399 g/mol. The topological polar surface area (TPSA) is 58.6 Å². The Kier molecular flexibility index (Phi) is 5.69. The first-order valence-corrected chi connectivity index (χ1v) is 8.80. The number of carbonyl (C=O) groups excluding carboxylic acids is 2. The van der Waals surface area contributed by atoms with Crippen molar-refractivity contribution >= 4 is 46.8 Å². The fourth-order valence-electron chi connectivity index (χ4n) is 2.49. The molecule has 1 fully saturated rings. The highest BCUT2D eigenvalue weighted by atomic mass is 35.5. The van der Waals surface area contributed by atoms with Gasteiger partial charge in [0.25, 0.3) is 11.8 Å². The summed E-state index contributed by atoms with van der Waals surface area (Å²) in [6.07, 6.45) is 3.02. The second kappa shape index (κ2) is 8.16. The summed E-state index contributed by atoms with van der Waals surface area (Å²) in [5.74, 6) is -0.0115. The molecule has 2 amide bonds. The molecule has 1 N–H and O–H groups in total. The van der Waals surface area contributed by atoms with Crippen molar-refractivity contribution in [3.05, 3.63) is 77.3 Å². The lowest BCUT2D eigenvalue weighted by Crippen LogP contribution is -2.53. The Morgan fingerprint density at radius 1 is 1.19 bits per heavy atom. The van der Waals surface area contributed by atoms with Crippen LogP contribution < -0.4 is 10.1 Å². The molecule has 1 saturated heterocycles. The number of hydrogen-bond acceptors (Lipinski definition) is 4. The van der Waals surface area contributed by atoms with Gasteiger partial charge in [-0.2, -0.15) is 0 Å². The van der Waals surface area contributed by atoms with Gasteiger partial charge in [0.1, 0.15) is 17.1 Å². The summed E-state index contributed by atoms with van der Waals surface area (Å²) in [5, 5.41) is 3.12. The van der Waals surface area contributed by atoms with Crippen molar-refractivity contribution in [3.8, 4) is 11.5 Å². The monoisotopic (exact) mass is 398 g/mol. The normalized spacial score (nSPS) is 15.7. The number of hydrogen-bond donors (Lipinski definition) is 1. The molecule has 0 unspecified atom stereocenters. The largest absolute Gasteiger partial charge is 0.457 e. The van der Waals surface area contributed by atoms with E-state index in [4.69, 9.17) is 28.6 Å². The van der Waals surface area contributed by atoms with Crippen LogP contribution in [0.4, 0.5) is 0 Å². The Bertz CT molecular complexity index is 971. The van der Waals surface area contributed by atoms with Crippen LogP contribution in [-0.2, 0) is 9.59 Å². The van der Waals surface area contributed by atoms with E-state index >= 15 is 0 Å². The predicted octanol–water partition coefficient (Wildman–Crippen LogP) is 3.95. The van der Waals surface area contributed by atoms with E-state index in [0.29, 0.717) is 22.1 Å². The maximum atomic E-state index is 12.7. The number of para-hydroxylation sites is 1. The van der Waals surface area contributed by atoms with Crippen LogP contribution in [0.2, 0.25) is 5.02 Å². The number of nitrogens with zero attached hydrogens (tertiary/aromatic N) is 1. The number of carbonyl (C=O) groups is 2. The minimum Gasteiger partial charge on any atom is -0.457 e. The molecule has 0 saturated carbocycles. The first kappa shape index (κ1) is 18.8. The van der Waals surface area contributed by atoms with Crippen LogP contribution in [0.25, 0.3) is 6.08 Å². The molecule has 0 aliphatic carbocycles. The molecule has 27 heavy (non-hydrogen) atoms. The van der Waals surface area contributed by atoms with E-state index in [1.165, 1.54) is 17.1 Å². The minimum atomic E-state index is -0.553. The Balaban J connectivity index is 1.96. The van der Waals surface area contributed by atoms with Gasteiger partial charge >= 0.3 is 0 Å². The third kappa shape index (κ3) is 4.24. The van der Waals surface area contributed by atoms with Crippen LogP contribution in [-0.4, -0.2) is 28.4 Å². The van der Waals surface area contributed by atoms with E-state index in [1.807, 2.05) is 0 Å². The van der Waals surface area contributed by atoms with E-state index in [0.717, 1.165) is 0 Å². The molecule has 136 valence electrons. The van der Waals surface area contributed by atoms with Crippen molar-refractivity contribution in [2.75, 3.05) is 6.54 Å². The van der Waals surface area contributed by atoms with Gasteiger partial charge in [-0.15, -0.1) is 6.58 Å². The van der Waals surface area contributed by atoms with Gasteiger partial charge in [-0.1, -0.05) is 41.9 Å². The number of rotatable bonds is 5. The third-order valence-electron chi connectivity index (χ3n) is 3.74. The first-order chi connectivity index (χ1) is 13.0. The predicted molar refractivity (Wildman–Crippen MR) is 109 cm³/mol. The summed E-state index contributed by atoms with van der Waals surface area (Å²) in [5.41, 5.74) is 0.537. The molecular formula is C20H15ClN2O3S. The maximum absolute atomic E-state index is 12.7. The van der Waals surface area contributed by atoms with Crippen LogP contribution in [0, 0.1) is 0 Å². The van der Waals surface area contributed by atoms with E-state index in [1.54, 1.807) is 48.5 Å². The fraction of sp³-hybridized carbons (Fsp3) is 0.0500. The fourth-order valence-corrected chi connectivity index (χ4v) is 2.92. The van der Waals surface area contributed by atoms with Crippen molar-refractivity contribution in [1.29, 1.82) is 0 Å². The summed E-state index contributed by atoms with van der Waals surface area (Å²) in [4.78, 5) is 26.2. The molecule has 0 spiro atoms. The molecule has 1 heterocycles. The number of benzene rings is 2. The van der Waals surface area contributed by atoms with Crippen LogP contribution in [0.3, 0.4) is 0 Å². The van der Waals surface area contributed by atoms with E-state index < -0.39 is 11.8 Å². The summed E-state index contributed by atoms with van der Waals surface area (Å²) >= 11 is 11.0. The molecule has 2 aromatic carbocycles. The maximum Gasteiger partial charge on any atom is 0.265 e. The molecule has 0 atom stereocenters. The highest BCUT2D eigenvalue weighted by molar-refractivity contribution is 7.80. The number of nitrogens with one attached hydrogen (secondary N) is 1. The highest BCUT2D eigenvalue weighted by Crippen LogP contribution is 2.29. The standard InChI is InChI=1S/C20H15ClN2O3S/c1-2-10-23-19(25)16(18(24)22-20(23)27)11-13-6-3-4-9-17(13)26-15-8-5-7-14(21)12-15/h2-9,11-12H,1,10H2,(H,22,24,27)/b16-11+. The van der Waals surface area contributed by atoms with Crippen molar-refractivity contribution in [3.63, 3.8) is 0 Å². The lowest BCUT2D eigenvalue weighted by Gasteiger charge is -2.27. The average Bonchev–Trinajstić information content (AvgIpc) is 2.63. The van der Waals surface area contributed by atoms with Gasteiger partial charge in [-0.05, 0) is 42.6 Å². The molecule has 5 nitrogen and oxygen atoms in total. The van der Waals surface area contributed by atoms with Gasteiger partial charge in [0, 0.05) is 17.1 Å². The summed E-state index contributed by atoms with van der Waals surface area (Å²) < 4.78 is 5.87. The van der Waals surface area contributed by atoms with Crippen molar-refractivity contribution < 1.29 is 14.3 Å². The molecule has 1 aliphatic heterocycles. The Hall–Kier alpha value is -2.96. The van der Waals surface area contributed by atoms with E-state index in [-0.39, 0.29) is 17.2 Å². The number of ether oxygens (including phenoxy) is 1.